The summed E-state index contributed by atoms with van der Waals surface area (Å²) in [7, 11) is 1.26. The third kappa shape index (κ3) is 5.26. The van der Waals surface area contributed by atoms with Crippen LogP contribution in [0.25, 0.3) is 10.9 Å². The van der Waals surface area contributed by atoms with Crippen LogP contribution in [0.2, 0.25) is 0 Å². The second kappa shape index (κ2) is 10.7. The molecule has 36 heavy (non-hydrogen) atoms. The maximum atomic E-state index is 11.6. The van der Waals surface area contributed by atoms with Crippen molar-refractivity contribution >= 4 is 28.5 Å². The summed E-state index contributed by atoms with van der Waals surface area (Å²) >= 11 is 0. The molecular formula is C29H29N3O4. The number of aliphatic imine (C=N–C) groups is 1. The van der Waals surface area contributed by atoms with Crippen LogP contribution < -0.4 is 4.74 Å². The zero-order valence-electron chi connectivity index (χ0n) is 20.2. The lowest BCUT2D eigenvalue weighted by molar-refractivity contribution is 0.121. The Morgan fingerprint density at radius 1 is 1.00 bits per heavy atom. The Hall–Kier alpha value is -4.10. The molecular weight excluding hydrogens is 454 g/mol. The van der Waals surface area contributed by atoms with Crippen molar-refractivity contribution in [1.29, 1.82) is 0 Å². The molecule has 5 rings (SSSR count). The number of aromatic hydroxyl groups is 1. The van der Waals surface area contributed by atoms with Gasteiger partial charge in [-0.25, -0.2) is 9.79 Å². The molecule has 0 saturated carbocycles. The average Bonchev–Trinajstić information content (AvgIpc) is 3.24. The van der Waals surface area contributed by atoms with Gasteiger partial charge in [0.05, 0.1) is 24.1 Å². The number of aromatic nitrogens is 1. The van der Waals surface area contributed by atoms with Gasteiger partial charge in [-0.3, -0.25) is 4.90 Å². The first-order valence-electron chi connectivity index (χ1n) is 12.2. The van der Waals surface area contributed by atoms with E-state index in [0.717, 1.165) is 30.9 Å². The summed E-state index contributed by atoms with van der Waals surface area (Å²) in [4.78, 5) is 22.1. The number of carbonyl (C=O) groups is 1. The fourth-order valence-electron chi connectivity index (χ4n) is 4.64. The third-order valence-electron chi connectivity index (χ3n) is 6.43. The first-order chi connectivity index (χ1) is 17.6. The number of benzene rings is 3. The first-order valence-corrected chi connectivity index (χ1v) is 12.2. The van der Waals surface area contributed by atoms with Crippen molar-refractivity contribution in [2.45, 2.75) is 25.8 Å². The number of nitrogens with zero attached hydrogens (tertiary/aromatic N) is 2. The van der Waals surface area contributed by atoms with E-state index in [-0.39, 0.29) is 5.88 Å². The summed E-state index contributed by atoms with van der Waals surface area (Å²) in [5.41, 5.74) is 4.73. The van der Waals surface area contributed by atoms with Gasteiger partial charge in [0.15, 0.2) is 5.88 Å². The fourth-order valence-corrected chi connectivity index (χ4v) is 4.64. The average molecular weight is 484 g/mol. The van der Waals surface area contributed by atoms with E-state index in [1.165, 1.54) is 31.9 Å². The fraction of sp³-hybridized carbons (Fsp3) is 0.241. The topological polar surface area (TPSA) is 87.1 Å². The number of fused-ring (bicyclic) bond motifs is 1. The van der Waals surface area contributed by atoms with Crippen LogP contribution in [-0.4, -0.2) is 47.1 Å². The van der Waals surface area contributed by atoms with Crippen LogP contribution in [0.4, 0.5) is 10.5 Å². The molecule has 0 bridgehead atoms. The molecule has 0 amide bonds. The number of ether oxygens (including phenoxy) is 2. The van der Waals surface area contributed by atoms with Crippen LogP contribution >= 0.6 is 0 Å². The van der Waals surface area contributed by atoms with Crippen LogP contribution in [0.5, 0.6) is 11.6 Å². The van der Waals surface area contributed by atoms with Crippen LogP contribution in [0.3, 0.4) is 0 Å². The minimum atomic E-state index is -0.808. The molecule has 7 nitrogen and oxygen atoms in total. The molecule has 4 aromatic rings. The molecule has 1 fully saturated rings. The predicted molar refractivity (Wildman–Crippen MR) is 140 cm³/mol. The van der Waals surface area contributed by atoms with Gasteiger partial charge in [-0.15, -0.1) is 0 Å². The van der Waals surface area contributed by atoms with E-state index >= 15 is 0 Å². The lowest BCUT2D eigenvalue weighted by Crippen LogP contribution is -2.28. The third-order valence-corrected chi connectivity index (χ3v) is 6.43. The van der Waals surface area contributed by atoms with Crippen LogP contribution in [0.15, 0.2) is 77.8 Å². The maximum absolute atomic E-state index is 11.6. The quantitative estimate of drug-likeness (QED) is 0.194. The SMILES string of the molecule is COC(=O)Oc1ccc2[nH]c(O)c(C(=Nc3ccc(CN4CCCCC4)cc3)c3ccccc3)c2c1. The molecule has 7 heteroatoms. The van der Waals surface area contributed by atoms with E-state index in [1.807, 2.05) is 42.5 Å². The highest BCUT2D eigenvalue weighted by molar-refractivity contribution is 6.22. The molecule has 3 aromatic carbocycles. The van der Waals surface area contributed by atoms with E-state index < -0.39 is 6.16 Å². The number of rotatable bonds is 6. The number of carbonyl (C=O) groups excluding carboxylic acids is 1. The molecule has 1 saturated heterocycles. The Labute approximate surface area is 210 Å². The van der Waals surface area contributed by atoms with Gasteiger partial charge >= 0.3 is 6.16 Å². The molecule has 0 radical (unpaired) electrons. The summed E-state index contributed by atoms with van der Waals surface area (Å²) < 4.78 is 9.82. The predicted octanol–water partition coefficient (Wildman–Crippen LogP) is 6.17. The van der Waals surface area contributed by atoms with Gasteiger partial charge in [0.1, 0.15) is 5.75 Å². The van der Waals surface area contributed by atoms with Gasteiger partial charge < -0.3 is 19.6 Å². The Morgan fingerprint density at radius 2 is 1.75 bits per heavy atom. The van der Waals surface area contributed by atoms with Gasteiger partial charge in [0.25, 0.3) is 0 Å². The van der Waals surface area contributed by atoms with Crippen molar-refractivity contribution in [3.63, 3.8) is 0 Å². The maximum Gasteiger partial charge on any atom is 0.513 e. The lowest BCUT2D eigenvalue weighted by atomic mass is 10.0. The minimum absolute atomic E-state index is 0.00969. The molecule has 0 spiro atoms. The highest BCUT2D eigenvalue weighted by Crippen LogP contribution is 2.34. The number of H-pyrrole nitrogens is 1. The summed E-state index contributed by atoms with van der Waals surface area (Å²) in [6.07, 6.45) is 3.05. The summed E-state index contributed by atoms with van der Waals surface area (Å²) in [5, 5.41) is 11.6. The molecule has 0 aliphatic carbocycles. The standard InChI is InChI=1S/C29H29N3O4/c1-35-29(34)36-23-14-15-25-24(18-23)26(28(33)31-25)27(21-8-4-2-5-9-21)30-22-12-10-20(11-13-22)19-32-16-6-3-7-17-32/h2,4-5,8-15,18,31,33H,3,6-7,16-17,19H2,1H3. The molecule has 2 N–H and O–H groups in total. The smallest absolute Gasteiger partial charge is 0.494 e. The molecule has 2 heterocycles. The minimum Gasteiger partial charge on any atom is -0.494 e. The van der Waals surface area contributed by atoms with E-state index in [0.29, 0.717) is 27.9 Å². The monoisotopic (exact) mass is 483 g/mol. The van der Waals surface area contributed by atoms with Crippen LogP contribution in [0.1, 0.15) is 36.0 Å². The summed E-state index contributed by atoms with van der Waals surface area (Å²) in [5.74, 6) is 0.300. The van der Waals surface area contributed by atoms with Crippen molar-refractivity contribution in [2.75, 3.05) is 20.2 Å². The number of methoxy groups -OCH3 is 1. The summed E-state index contributed by atoms with van der Waals surface area (Å²) in [6.45, 7) is 3.25. The largest absolute Gasteiger partial charge is 0.513 e. The Bertz CT molecular complexity index is 1370. The normalized spacial score (nSPS) is 14.6. The Balaban J connectivity index is 1.53. The van der Waals surface area contributed by atoms with Crippen molar-refractivity contribution in [2.24, 2.45) is 4.99 Å². The van der Waals surface area contributed by atoms with Crippen molar-refractivity contribution in [1.82, 2.24) is 9.88 Å². The highest BCUT2D eigenvalue weighted by atomic mass is 16.7. The van der Waals surface area contributed by atoms with Crippen LogP contribution in [-0.2, 0) is 11.3 Å². The zero-order valence-corrected chi connectivity index (χ0v) is 20.2. The molecule has 1 aromatic heterocycles. The molecule has 1 aliphatic heterocycles. The molecule has 0 unspecified atom stereocenters. The zero-order chi connectivity index (χ0) is 24.9. The number of hydrogen-bond donors (Lipinski definition) is 2. The van der Waals surface area contributed by atoms with Gasteiger partial charge in [0.2, 0.25) is 0 Å². The number of piperidine rings is 1. The first kappa shape index (κ1) is 23.6. The van der Waals surface area contributed by atoms with E-state index in [2.05, 4.69) is 26.8 Å². The number of likely N-dealkylation sites (tertiary alicyclic amines) is 1. The number of aromatic amines is 1. The molecule has 0 atom stereocenters. The van der Waals surface area contributed by atoms with E-state index in [4.69, 9.17) is 9.73 Å². The Kier molecular flexibility index (Phi) is 7.00. The van der Waals surface area contributed by atoms with Gasteiger partial charge in [-0.05, 0) is 61.8 Å². The number of nitrogens with one attached hydrogen (secondary N) is 1. The second-order valence-electron chi connectivity index (χ2n) is 8.94. The van der Waals surface area contributed by atoms with Crippen molar-refractivity contribution in [3.05, 3.63) is 89.5 Å². The van der Waals surface area contributed by atoms with Gasteiger partial charge in [-0.1, -0.05) is 48.9 Å². The van der Waals surface area contributed by atoms with Crippen molar-refractivity contribution in [3.8, 4) is 11.6 Å². The van der Waals surface area contributed by atoms with E-state index in [9.17, 15) is 9.90 Å². The molecule has 1 aliphatic rings. The molecule has 184 valence electrons. The second-order valence-corrected chi connectivity index (χ2v) is 8.94. The highest BCUT2D eigenvalue weighted by Gasteiger charge is 2.20. The number of hydrogen-bond acceptors (Lipinski definition) is 6. The Morgan fingerprint density at radius 3 is 2.47 bits per heavy atom. The van der Waals surface area contributed by atoms with Crippen LogP contribution in [0, 0.1) is 0 Å². The van der Waals surface area contributed by atoms with Gasteiger partial charge in [0, 0.05) is 23.0 Å². The lowest BCUT2D eigenvalue weighted by Gasteiger charge is -2.26. The van der Waals surface area contributed by atoms with Crippen molar-refractivity contribution < 1.29 is 19.4 Å². The van der Waals surface area contributed by atoms with Gasteiger partial charge in [-0.2, -0.15) is 0 Å². The van der Waals surface area contributed by atoms with E-state index in [1.54, 1.807) is 18.2 Å². The summed E-state index contributed by atoms with van der Waals surface area (Å²) in [6, 6.07) is 23.1.